The molecule has 0 heterocycles. The van der Waals surface area contributed by atoms with Crippen LogP contribution >= 0.6 is 21.7 Å². The van der Waals surface area contributed by atoms with E-state index in [9.17, 15) is 0 Å². The SMILES string of the molecule is ClSc1cccc([C]2CC2)c1. The number of halogens is 1. The highest BCUT2D eigenvalue weighted by atomic mass is 35.7. The van der Waals surface area contributed by atoms with Crippen molar-refractivity contribution >= 4 is 21.7 Å². The molecule has 0 nitrogen and oxygen atoms in total. The van der Waals surface area contributed by atoms with Crippen molar-refractivity contribution in [3.05, 3.63) is 35.7 Å². The van der Waals surface area contributed by atoms with Gasteiger partial charge >= 0.3 is 0 Å². The van der Waals surface area contributed by atoms with Crippen LogP contribution in [0.25, 0.3) is 0 Å². The quantitative estimate of drug-likeness (QED) is 0.675. The zero-order chi connectivity index (χ0) is 7.68. The molecule has 0 unspecified atom stereocenters. The largest absolute Gasteiger partial charge is 0.0608 e. The standard InChI is InChI=1S/C9H8ClS/c10-11-9-3-1-2-8(6-9)7-4-5-7/h1-3,6H,4-5H2. The fourth-order valence-electron chi connectivity index (χ4n) is 1.12. The molecule has 1 aliphatic carbocycles. The van der Waals surface area contributed by atoms with Gasteiger partial charge in [0.25, 0.3) is 0 Å². The van der Waals surface area contributed by atoms with Gasteiger partial charge < -0.3 is 0 Å². The first-order valence-corrected chi connectivity index (χ1v) is 5.28. The van der Waals surface area contributed by atoms with Gasteiger partial charge in [-0.05, 0) is 52.2 Å². The Morgan fingerprint density at radius 2 is 2.09 bits per heavy atom. The Bertz CT molecular complexity index is 255. The lowest BCUT2D eigenvalue weighted by atomic mass is 10.1. The first kappa shape index (κ1) is 7.51. The van der Waals surface area contributed by atoms with Gasteiger partial charge in [0.1, 0.15) is 0 Å². The first-order chi connectivity index (χ1) is 5.40. The Morgan fingerprint density at radius 1 is 1.27 bits per heavy atom. The van der Waals surface area contributed by atoms with E-state index >= 15 is 0 Å². The fourth-order valence-corrected chi connectivity index (χ4v) is 1.70. The molecule has 0 aliphatic heterocycles. The minimum Gasteiger partial charge on any atom is -0.0608 e. The summed E-state index contributed by atoms with van der Waals surface area (Å²) in [4.78, 5) is 1.14. The van der Waals surface area contributed by atoms with Crippen molar-refractivity contribution in [3.63, 3.8) is 0 Å². The molecule has 1 radical (unpaired) electrons. The Hall–Kier alpha value is -0.140. The van der Waals surface area contributed by atoms with E-state index < -0.39 is 0 Å². The van der Waals surface area contributed by atoms with Crippen LogP contribution in [0.1, 0.15) is 18.4 Å². The highest BCUT2D eigenvalue weighted by Gasteiger charge is 2.24. The van der Waals surface area contributed by atoms with Gasteiger partial charge in [0.15, 0.2) is 0 Å². The summed E-state index contributed by atoms with van der Waals surface area (Å²) in [5.41, 5.74) is 1.37. The lowest BCUT2D eigenvalue weighted by Gasteiger charge is -1.98. The third-order valence-electron chi connectivity index (χ3n) is 1.83. The van der Waals surface area contributed by atoms with E-state index in [2.05, 4.69) is 18.2 Å². The van der Waals surface area contributed by atoms with Gasteiger partial charge in [0.05, 0.1) is 0 Å². The molecule has 1 aliphatic rings. The van der Waals surface area contributed by atoms with Gasteiger partial charge in [-0.15, -0.1) is 0 Å². The number of hydrogen-bond acceptors (Lipinski definition) is 1. The van der Waals surface area contributed by atoms with Crippen LogP contribution in [0.5, 0.6) is 0 Å². The first-order valence-electron chi connectivity index (χ1n) is 3.64. The minimum absolute atomic E-state index is 1.14. The number of rotatable bonds is 2. The van der Waals surface area contributed by atoms with Crippen LogP contribution < -0.4 is 0 Å². The van der Waals surface area contributed by atoms with Crippen molar-refractivity contribution < 1.29 is 0 Å². The van der Waals surface area contributed by atoms with Crippen molar-refractivity contribution in [2.24, 2.45) is 0 Å². The molecule has 1 aromatic carbocycles. The van der Waals surface area contributed by atoms with E-state index in [1.165, 1.54) is 29.4 Å². The van der Waals surface area contributed by atoms with Crippen LogP contribution in [0.2, 0.25) is 0 Å². The summed E-state index contributed by atoms with van der Waals surface area (Å²) in [6.07, 6.45) is 2.55. The molecule has 0 amide bonds. The predicted molar refractivity (Wildman–Crippen MR) is 49.7 cm³/mol. The fraction of sp³-hybridized carbons (Fsp3) is 0.222. The van der Waals surface area contributed by atoms with Crippen LogP contribution in [0.3, 0.4) is 0 Å². The van der Waals surface area contributed by atoms with E-state index in [0.717, 1.165) is 4.90 Å². The summed E-state index contributed by atoms with van der Waals surface area (Å²) in [5, 5.41) is 0. The molecule has 2 heteroatoms. The Labute approximate surface area is 75.5 Å². The molecule has 0 atom stereocenters. The molecule has 0 saturated heterocycles. The molecule has 1 saturated carbocycles. The summed E-state index contributed by atoms with van der Waals surface area (Å²) >= 11 is 0. The molecule has 57 valence electrons. The predicted octanol–water partition coefficient (Wildman–Crippen LogP) is 3.65. The molecular formula is C9H8ClS. The number of hydrogen-bond donors (Lipinski definition) is 0. The van der Waals surface area contributed by atoms with E-state index in [1.54, 1.807) is 5.92 Å². The summed E-state index contributed by atoms with van der Waals surface area (Å²) < 4.78 is 0. The van der Waals surface area contributed by atoms with Crippen LogP contribution in [-0.2, 0) is 0 Å². The third-order valence-corrected chi connectivity index (χ3v) is 2.80. The molecule has 11 heavy (non-hydrogen) atoms. The number of benzene rings is 1. The van der Waals surface area contributed by atoms with Crippen molar-refractivity contribution in [2.45, 2.75) is 17.7 Å². The van der Waals surface area contributed by atoms with Crippen LogP contribution in [-0.4, -0.2) is 0 Å². The smallest absolute Gasteiger partial charge is 0.0236 e. The average molecular weight is 184 g/mol. The Kier molecular flexibility index (Phi) is 2.10. The third kappa shape index (κ3) is 1.71. The molecule has 2 rings (SSSR count). The summed E-state index contributed by atoms with van der Waals surface area (Å²) in [6, 6.07) is 8.40. The second kappa shape index (κ2) is 3.08. The summed E-state index contributed by atoms with van der Waals surface area (Å²) in [7, 11) is 6.92. The van der Waals surface area contributed by atoms with E-state index in [-0.39, 0.29) is 0 Å². The van der Waals surface area contributed by atoms with E-state index in [0.29, 0.717) is 0 Å². The molecule has 1 fully saturated rings. The molecule has 0 bridgehead atoms. The molecule has 1 aromatic rings. The maximum atomic E-state index is 5.63. The van der Waals surface area contributed by atoms with Gasteiger partial charge in [0.2, 0.25) is 0 Å². The van der Waals surface area contributed by atoms with Crippen LogP contribution in [0.4, 0.5) is 0 Å². The van der Waals surface area contributed by atoms with E-state index in [1.807, 2.05) is 6.07 Å². The van der Waals surface area contributed by atoms with Gasteiger partial charge in [0, 0.05) is 10.8 Å². The van der Waals surface area contributed by atoms with Gasteiger partial charge in [-0.25, -0.2) is 0 Å². The minimum atomic E-state index is 1.14. The second-order valence-electron chi connectivity index (χ2n) is 2.71. The molecular weight excluding hydrogens is 176 g/mol. The van der Waals surface area contributed by atoms with Crippen molar-refractivity contribution in [2.75, 3.05) is 0 Å². The Balaban J connectivity index is 2.26. The maximum Gasteiger partial charge on any atom is 0.0236 e. The second-order valence-corrected chi connectivity index (χ2v) is 3.80. The average Bonchev–Trinajstić information content (AvgIpc) is 2.87. The lowest BCUT2D eigenvalue weighted by Crippen LogP contribution is -1.78. The van der Waals surface area contributed by atoms with E-state index in [4.69, 9.17) is 10.7 Å². The Morgan fingerprint density at radius 3 is 2.73 bits per heavy atom. The van der Waals surface area contributed by atoms with Gasteiger partial charge in [-0.3, -0.25) is 0 Å². The van der Waals surface area contributed by atoms with Crippen LogP contribution in [0, 0.1) is 5.92 Å². The normalized spacial score (nSPS) is 16.8. The summed E-state index contributed by atoms with van der Waals surface area (Å²) in [6.45, 7) is 0. The highest BCUT2D eigenvalue weighted by molar-refractivity contribution is 8.21. The zero-order valence-corrected chi connectivity index (χ0v) is 7.58. The highest BCUT2D eigenvalue weighted by Crippen LogP contribution is 2.40. The lowest BCUT2D eigenvalue weighted by molar-refractivity contribution is 1.34. The van der Waals surface area contributed by atoms with Crippen molar-refractivity contribution in [3.8, 4) is 0 Å². The van der Waals surface area contributed by atoms with Crippen LogP contribution in [0.15, 0.2) is 29.2 Å². The zero-order valence-electron chi connectivity index (χ0n) is 6.01. The summed E-state index contributed by atoms with van der Waals surface area (Å²) in [5.74, 6) is 1.57. The van der Waals surface area contributed by atoms with Crippen molar-refractivity contribution in [1.29, 1.82) is 0 Å². The monoisotopic (exact) mass is 183 g/mol. The van der Waals surface area contributed by atoms with Gasteiger partial charge in [-0.2, -0.15) is 0 Å². The molecule has 0 aromatic heterocycles. The molecule has 0 spiro atoms. The topological polar surface area (TPSA) is 0 Å². The molecule has 0 N–H and O–H groups in total. The van der Waals surface area contributed by atoms with Crippen molar-refractivity contribution in [1.82, 2.24) is 0 Å². The van der Waals surface area contributed by atoms with Gasteiger partial charge in [-0.1, -0.05) is 12.1 Å². The maximum absolute atomic E-state index is 5.63.